The molecule has 0 saturated heterocycles. The zero-order chi connectivity index (χ0) is 31.0. The minimum absolute atomic E-state index is 0.0397. The van der Waals surface area contributed by atoms with Gasteiger partial charge < -0.3 is 30.5 Å². The number of phenolic OH excluding ortho intramolecular Hbond substituents is 2. The Hall–Kier alpha value is -4.79. The lowest BCUT2D eigenvalue weighted by Crippen LogP contribution is -2.53. The lowest BCUT2D eigenvalue weighted by Gasteiger charge is -2.34. The number of hydrogen-bond acceptors (Lipinski definition) is 6. The molecule has 9 nitrogen and oxygen atoms in total. The standard InChI is InChI=1S/C33H39N3O6/c1-7-19-36(31(40)26(34-32(41)42-33(4,5)6)20-23-15-17-24(37)18-16-23)29(25-13-8-9-14-27(25)38)30(39)35-28-21(2)11-10-12-22(28)3/h7-18,26,29,37-38H,1,19-20H2,2-6H3,(H,34,41)(H,35,39). The number of amides is 3. The van der Waals surface area contributed by atoms with Crippen molar-refractivity contribution in [3.8, 4) is 11.5 Å². The van der Waals surface area contributed by atoms with Gasteiger partial charge in [0.05, 0.1) is 0 Å². The Morgan fingerprint density at radius 3 is 2.14 bits per heavy atom. The van der Waals surface area contributed by atoms with E-state index in [0.717, 1.165) is 11.1 Å². The van der Waals surface area contributed by atoms with E-state index in [1.807, 2.05) is 32.0 Å². The average Bonchev–Trinajstić information content (AvgIpc) is 2.91. The summed E-state index contributed by atoms with van der Waals surface area (Å²) in [5, 5.41) is 26.2. The van der Waals surface area contributed by atoms with E-state index in [2.05, 4.69) is 17.2 Å². The maximum Gasteiger partial charge on any atom is 0.408 e. The maximum atomic E-state index is 14.3. The minimum Gasteiger partial charge on any atom is -0.508 e. The Morgan fingerprint density at radius 1 is 0.952 bits per heavy atom. The van der Waals surface area contributed by atoms with Crippen LogP contribution in [0.5, 0.6) is 11.5 Å². The van der Waals surface area contributed by atoms with Crippen LogP contribution in [0.3, 0.4) is 0 Å². The number of rotatable bonds is 10. The summed E-state index contributed by atoms with van der Waals surface area (Å²) < 4.78 is 5.43. The fourth-order valence-electron chi connectivity index (χ4n) is 4.55. The molecule has 0 aliphatic heterocycles. The van der Waals surface area contributed by atoms with Gasteiger partial charge in [-0.1, -0.05) is 54.6 Å². The van der Waals surface area contributed by atoms with Gasteiger partial charge in [0.25, 0.3) is 5.91 Å². The molecule has 0 aliphatic carbocycles. The molecule has 0 spiro atoms. The smallest absolute Gasteiger partial charge is 0.408 e. The number of carbonyl (C=O) groups is 3. The number of carbonyl (C=O) groups excluding carboxylic acids is 3. The maximum absolute atomic E-state index is 14.3. The number of nitrogens with zero attached hydrogens (tertiary/aromatic N) is 1. The molecule has 0 saturated carbocycles. The molecule has 4 N–H and O–H groups in total. The SMILES string of the molecule is C=CCN(C(=O)C(Cc1ccc(O)cc1)NC(=O)OC(C)(C)C)C(C(=O)Nc1c(C)cccc1C)c1ccccc1O. The summed E-state index contributed by atoms with van der Waals surface area (Å²) in [4.78, 5) is 42.5. The van der Waals surface area contributed by atoms with Crippen LogP contribution in [0, 0.1) is 13.8 Å². The van der Waals surface area contributed by atoms with Crippen LogP contribution in [0.4, 0.5) is 10.5 Å². The second-order valence-electron chi connectivity index (χ2n) is 11.1. The van der Waals surface area contributed by atoms with Gasteiger partial charge in [-0.05, 0) is 69.5 Å². The number of aromatic hydroxyl groups is 2. The summed E-state index contributed by atoms with van der Waals surface area (Å²) in [5.41, 5.74) is 2.30. The number of aryl methyl sites for hydroxylation is 2. The van der Waals surface area contributed by atoms with Crippen LogP contribution in [0.25, 0.3) is 0 Å². The summed E-state index contributed by atoms with van der Waals surface area (Å²) >= 11 is 0. The quantitative estimate of drug-likeness (QED) is 0.236. The molecule has 42 heavy (non-hydrogen) atoms. The fraction of sp³-hybridized carbons (Fsp3) is 0.303. The Labute approximate surface area is 246 Å². The van der Waals surface area contributed by atoms with Crippen molar-refractivity contribution in [2.24, 2.45) is 0 Å². The third kappa shape index (κ3) is 8.36. The molecule has 222 valence electrons. The van der Waals surface area contributed by atoms with Gasteiger partial charge in [0.15, 0.2) is 0 Å². The van der Waals surface area contributed by atoms with Gasteiger partial charge in [0.1, 0.15) is 29.2 Å². The second-order valence-corrected chi connectivity index (χ2v) is 11.1. The first-order valence-corrected chi connectivity index (χ1v) is 13.6. The molecule has 0 aromatic heterocycles. The van der Waals surface area contributed by atoms with Crippen LogP contribution in [0.15, 0.2) is 79.4 Å². The number of hydrogen-bond donors (Lipinski definition) is 4. The molecule has 2 unspecified atom stereocenters. The molecule has 0 radical (unpaired) electrons. The van der Waals surface area contributed by atoms with E-state index < -0.39 is 35.6 Å². The van der Waals surface area contributed by atoms with Crippen molar-refractivity contribution in [2.45, 2.75) is 58.7 Å². The van der Waals surface area contributed by atoms with E-state index >= 15 is 0 Å². The van der Waals surface area contributed by atoms with Crippen molar-refractivity contribution < 1.29 is 29.3 Å². The highest BCUT2D eigenvalue weighted by Crippen LogP contribution is 2.32. The first kappa shape index (κ1) is 31.7. The van der Waals surface area contributed by atoms with Crippen molar-refractivity contribution >= 4 is 23.6 Å². The highest BCUT2D eigenvalue weighted by Gasteiger charge is 2.37. The van der Waals surface area contributed by atoms with Crippen LogP contribution >= 0.6 is 0 Å². The summed E-state index contributed by atoms with van der Waals surface area (Å²) in [6, 6.07) is 15.7. The predicted octanol–water partition coefficient (Wildman–Crippen LogP) is 5.55. The molecular weight excluding hydrogens is 534 g/mol. The van der Waals surface area contributed by atoms with E-state index in [1.165, 1.54) is 29.2 Å². The largest absolute Gasteiger partial charge is 0.508 e. The first-order valence-electron chi connectivity index (χ1n) is 13.6. The van der Waals surface area contributed by atoms with Crippen molar-refractivity contribution in [2.75, 3.05) is 11.9 Å². The minimum atomic E-state index is -1.28. The molecule has 3 aromatic rings. The van der Waals surface area contributed by atoms with Crippen molar-refractivity contribution in [3.05, 3.63) is 102 Å². The van der Waals surface area contributed by atoms with Gasteiger partial charge in [-0.15, -0.1) is 6.58 Å². The van der Waals surface area contributed by atoms with Crippen molar-refractivity contribution in [1.82, 2.24) is 10.2 Å². The van der Waals surface area contributed by atoms with Gasteiger partial charge >= 0.3 is 6.09 Å². The highest BCUT2D eigenvalue weighted by molar-refractivity contribution is 6.00. The van der Waals surface area contributed by atoms with Gasteiger partial charge in [0.2, 0.25) is 5.91 Å². The normalized spacial score (nSPS) is 12.5. The van der Waals surface area contributed by atoms with Crippen LogP contribution in [0.1, 0.15) is 49.1 Å². The molecule has 3 amide bonds. The first-order chi connectivity index (χ1) is 19.8. The Morgan fingerprint density at radius 2 is 1.57 bits per heavy atom. The number of nitrogens with one attached hydrogen (secondary N) is 2. The van der Waals surface area contributed by atoms with Crippen LogP contribution < -0.4 is 10.6 Å². The summed E-state index contributed by atoms with van der Waals surface area (Å²) in [7, 11) is 0. The van der Waals surface area contributed by atoms with E-state index in [-0.39, 0.29) is 30.0 Å². The van der Waals surface area contributed by atoms with E-state index in [0.29, 0.717) is 11.3 Å². The number of para-hydroxylation sites is 2. The number of phenols is 2. The number of ether oxygens (including phenoxy) is 1. The molecule has 0 bridgehead atoms. The molecule has 2 atom stereocenters. The fourth-order valence-corrected chi connectivity index (χ4v) is 4.55. The number of anilines is 1. The van der Waals surface area contributed by atoms with Crippen molar-refractivity contribution in [3.63, 3.8) is 0 Å². The summed E-state index contributed by atoms with van der Waals surface area (Å²) in [5.74, 6) is -1.27. The monoisotopic (exact) mass is 573 g/mol. The Bertz CT molecular complexity index is 1410. The summed E-state index contributed by atoms with van der Waals surface area (Å²) in [6.45, 7) is 12.6. The van der Waals surface area contributed by atoms with Crippen molar-refractivity contribution in [1.29, 1.82) is 0 Å². The van der Waals surface area contributed by atoms with Gasteiger partial charge in [-0.2, -0.15) is 0 Å². The van der Waals surface area contributed by atoms with Crippen LogP contribution in [-0.4, -0.2) is 51.2 Å². The Balaban J connectivity index is 2.08. The highest BCUT2D eigenvalue weighted by atomic mass is 16.6. The van der Waals surface area contributed by atoms with E-state index in [9.17, 15) is 24.6 Å². The van der Waals surface area contributed by atoms with E-state index in [4.69, 9.17) is 4.74 Å². The second kappa shape index (κ2) is 13.7. The zero-order valence-electron chi connectivity index (χ0n) is 24.7. The third-order valence-corrected chi connectivity index (χ3v) is 6.49. The molecular formula is C33H39N3O6. The predicted molar refractivity (Wildman–Crippen MR) is 162 cm³/mol. The summed E-state index contributed by atoms with van der Waals surface area (Å²) in [6.07, 6.45) is 0.706. The topological polar surface area (TPSA) is 128 Å². The van der Waals surface area contributed by atoms with Crippen LogP contribution in [-0.2, 0) is 20.7 Å². The number of alkyl carbamates (subject to hydrolysis) is 1. The van der Waals surface area contributed by atoms with Gasteiger partial charge in [-0.3, -0.25) is 9.59 Å². The molecule has 0 aliphatic rings. The zero-order valence-corrected chi connectivity index (χ0v) is 24.7. The molecule has 3 aromatic carbocycles. The number of benzene rings is 3. The van der Waals surface area contributed by atoms with E-state index in [1.54, 1.807) is 51.1 Å². The average molecular weight is 574 g/mol. The van der Waals surface area contributed by atoms with Gasteiger partial charge in [0, 0.05) is 24.2 Å². The molecule has 0 fully saturated rings. The third-order valence-electron chi connectivity index (χ3n) is 6.49. The van der Waals surface area contributed by atoms with Crippen LogP contribution in [0.2, 0.25) is 0 Å². The lowest BCUT2D eigenvalue weighted by molar-refractivity contribution is -0.140. The molecule has 9 heteroatoms. The lowest BCUT2D eigenvalue weighted by atomic mass is 9.99. The van der Waals surface area contributed by atoms with Gasteiger partial charge in [-0.25, -0.2) is 4.79 Å². The molecule has 0 heterocycles. The Kier molecular flexibility index (Phi) is 10.4. The molecule has 3 rings (SSSR count).